The summed E-state index contributed by atoms with van der Waals surface area (Å²) in [6.07, 6.45) is 4.65. The molecule has 0 aromatic carbocycles. The molecule has 2 aromatic rings. The Bertz CT molecular complexity index is 524. The minimum absolute atomic E-state index is 0.235. The smallest absolute Gasteiger partial charge is 0.323 e. The van der Waals surface area contributed by atoms with Crippen LogP contribution in [-0.4, -0.2) is 37.8 Å². The van der Waals surface area contributed by atoms with Crippen molar-refractivity contribution in [1.29, 1.82) is 0 Å². The van der Waals surface area contributed by atoms with Gasteiger partial charge in [0.1, 0.15) is 11.5 Å². The second-order valence-electron chi connectivity index (χ2n) is 3.35. The van der Waals surface area contributed by atoms with E-state index in [1.54, 1.807) is 19.4 Å². The van der Waals surface area contributed by atoms with Gasteiger partial charge < -0.3 is 19.9 Å². The first-order valence-electron chi connectivity index (χ1n) is 4.68. The van der Waals surface area contributed by atoms with E-state index < -0.39 is 5.69 Å². The van der Waals surface area contributed by atoms with E-state index in [-0.39, 0.29) is 11.6 Å². The molecule has 84 valence electrons. The second-order valence-corrected chi connectivity index (χ2v) is 3.35. The van der Waals surface area contributed by atoms with Crippen molar-refractivity contribution < 1.29 is 4.79 Å². The second kappa shape index (κ2) is 4.05. The number of rotatable bonds is 3. The van der Waals surface area contributed by atoms with Crippen LogP contribution in [0.3, 0.4) is 0 Å². The number of carbonyl (C=O) groups is 1. The van der Waals surface area contributed by atoms with Crippen LogP contribution in [0.2, 0.25) is 0 Å². The Morgan fingerprint density at radius 2 is 2.31 bits per heavy atom. The fourth-order valence-electron chi connectivity index (χ4n) is 1.33. The molecule has 0 aliphatic carbocycles. The highest BCUT2D eigenvalue weighted by atomic mass is 16.2. The van der Waals surface area contributed by atoms with Gasteiger partial charge in [0.05, 0.1) is 6.54 Å². The van der Waals surface area contributed by atoms with Gasteiger partial charge in [0.15, 0.2) is 0 Å². The van der Waals surface area contributed by atoms with Crippen LogP contribution in [0.5, 0.6) is 0 Å². The molecule has 1 amide bonds. The minimum atomic E-state index is -0.394. The van der Waals surface area contributed by atoms with Crippen LogP contribution in [0, 0.1) is 0 Å². The van der Waals surface area contributed by atoms with Gasteiger partial charge in [0.25, 0.3) is 5.91 Å². The summed E-state index contributed by atoms with van der Waals surface area (Å²) in [5.74, 6) is 0.420. The van der Waals surface area contributed by atoms with Gasteiger partial charge in [-0.2, -0.15) is 0 Å². The van der Waals surface area contributed by atoms with Gasteiger partial charge in [-0.05, 0) is 0 Å². The van der Waals surface area contributed by atoms with Crippen LogP contribution in [0.1, 0.15) is 16.3 Å². The highest BCUT2D eigenvalue weighted by Crippen LogP contribution is 2.00. The number of hydrogen-bond acceptors (Lipinski definition) is 3. The van der Waals surface area contributed by atoms with Crippen molar-refractivity contribution in [2.24, 2.45) is 0 Å². The Morgan fingerprint density at radius 3 is 2.88 bits per heavy atom. The van der Waals surface area contributed by atoms with Crippen molar-refractivity contribution in [3.8, 4) is 0 Å². The van der Waals surface area contributed by atoms with Crippen molar-refractivity contribution in [3.63, 3.8) is 0 Å². The van der Waals surface area contributed by atoms with Crippen molar-refractivity contribution in [1.82, 2.24) is 24.8 Å². The number of carbonyl (C=O) groups excluding carboxylic acids is 1. The summed E-state index contributed by atoms with van der Waals surface area (Å²) < 4.78 is 0. The van der Waals surface area contributed by atoms with Gasteiger partial charge in [0, 0.05) is 25.6 Å². The molecule has 16 heavy (non-hydrogen) atoms. The highest BCUT2D eigenvalue weighted by molar-refractivity contribution is 5.91. The first kappa shape index (κ1) is 10.2. The van der Waals surface area contributed by atoms with Gasteiger partial charge in [-0.15, -0.1) is 0 Å². The van der Waals surface area contributed by atoms with E-state index in [0.29, 0.717) is 12.4 Å². The Hall–Kier alpha value is -2.31. The Morgan fingerprint density at radius 1 is 1.50 bits per heavy atom. The average molecular weight is 221 g/mol. The molecular weight excluding hydrogens is 210 g/mol. The zero-order valence-corrected chi connectivity index (χ0v) is 8.65. The van der Waals surface area contributed by atoms with Crippen LogP contribution in [0.25, 0.3) is 0 Å². The largest absolute Gasteiger partial charge is 0.347 e. The molecule has 0 aliphatic heterocycles. The molecule has 3 N–H and O–H groups in total. The molecule has 0 unspecified atom stereocenters. The molecule has 0 aliphatic rings. The predicted molar refractivity (Wildman–Crippen MR) is 55.8 cm³/mol. The van der Waals surface area contributed by atoms with E-state index in [1.165, 1.54) is 11.1 Å². The van der Waals surface area contributed by atoms with Gasteiger partial charge in [-0.25, -0.2) is 9.78 Å². The summed E-state index contributed by atoms with van der Waals surface area (Å²) in [6, 6.07) is 0. The standard InChI is InChI=1S/C9H11N5O2/c1-14(5-7-10-2-3-11-7)8(15)6-4-12-9(16)13-6/h2-4H,5H2,1H3,(H,10,11)(H2,12,13,16). The lowest BCUT2D eigenvalue weighted by atomic mass is 10.4. The third kappa shape index (κ3) is 2.02. The number of imidazole rings is 2. The number of H-pyrrole nitrogens is 3. The maximum absolute atomic E-state index is 11.8. The number of nitrogens with zero attached hydrogens (tertiary/aromatic N) is 2. The number of nitrogens with one attached hydrogen (secondary N) is 3. The lowest BCUT2D eigenvalue weighted by molar-refractivity contribution is 0.0776. The van der Waals surface area contributed by atoms with Crippen LogP contribution < -0.4 is 5.69 Å². The fourth-order valence-corrected chi connectivity index (χ4v) is 1.33. The first-order valence-corrected chi connectivity index (χ1v) is 4.68. The number of hydrogen-bond donors (Lipinski definition) is 3. The summed E-state index contributed by atoms with van der Waals surface area (Å²) in [7, 11) is 1.64. The van der Waals surface area contributed by atoms with E-state index in [2.05, 4.69) is 19.9 Å². The van der Waals surface area contributed by atoms with E-state index in [4.69, 9.17) is 0 Å². The molecule has 2 aromatic heterocycles. The van der Waals surface area contributed by atoms with Crippen LogP contribution in [0.4, 0.5) is 0 Å². The molecule has 0 atom stereocenters. The topological polar surface area (TPSA) is 97.6 Å². The van der Waals surface area contributed by atoms with Gasteiger partial charge in [-0.1, -0.05) is 0 Å². The maximum atomic E-state index is 11.8. The van der Waals surface area contributed by atoms with Gasteiger partial charge in [0.2, 0.25) is 0 Å². The molecule has 2 rings (SSSR count). The zero-order valence-electron chi connectivity index (χ0n) is 8.65. The number of aromatic amines is 3. The monoisotopic (exact) mass is 221 g/mol. The molecule has 0 radical (unpaired) electrons. The van der Waals surface area contributed by atoms with Crippen molar-refractivity contribution in [2.75, 3.05) is 7.05 Å². The summed E-state index contributed by atoms with van der Waals surface area (Å²) in [6.45, 7) is 0.360. The third-order valence-electron chi connectivity index (χ3n) is 2.11. The van der Waals surface area contributed by atoms with Crippen molar-refractivity contribution >= 4 is 5.91 Å². The lowest BCUT2D eigenvalue weighted by Gasteiger charge is -2.13. The predicted octanol–water partition coefficient (Wildman–Crippen LogP) is -0.302. The van der Waals surface area contributed by atoms with Crippen molar-refractivity contribution in [3.05, 3.63) is 40.6 Å². The summed E-state index contributed by atoms with van der Waals surface area (Å²) in [4.78, 5) is 35.8. The summed E-state index contributed by atoms with van der Waals surface area (Å²) in [5, 5.41) is 0. The van der Waals surface area contributed by atoms with Crippen molar-refractivity contribution in [2.45, 2.75) is 6.54 Å². The molecule has 0 saturated carbocycles. The minimum Gasteiger partial charge on any atom is -0.347 e. The fraction of sp³-hybridized carbons (Fsp3) is 0.222. The maximum Gasteiger partial charge on any atom is 0.323 e. The van der Waals surface area contributed by atoms with Gasteiger partial charge in [-0.3, -0.25) is 4.79 Å². The van der Waals surface area contributed by atoms with Gasteiger partial charge >= 0.3 is 5.69 Å². The lowest BCUT2D eigenvalue weighted by Crippen LogP contribution is -2.27. The van der Waals surface area contributed by atoms with Crippen LogP contribution >= 0.6 is 0 Å². The molecule has 0 spiro atoms. The normalized spacial score (nSPS) is 10.3. The quantitative estimate of drug-likeness (QED) is 0.663. The summed E-state index contributed by atoms with van der Waals surface area (Å²) >= 11 is 0. The van der Waals surface area contributed by atoms with E-state index in [0.717, 1.165) is 0 Å². The van der Waals surface area contributed by atoms with Crippen LogP contribution in [0.15, 0.2) is 23.4 Å². The first-order chi connectivity index (χ1) is 7.66. The molecule has 0 bridgehead atoms. The Kier molecular flexibility index (Phi) is 2.59. The number of aromatic nitrogens is 4. The zero-order chi connectivity index (χ0) is 11.5. The van der Waals surface area contributed by atoms with E-state index in [1.807, 2.05) is 0 Å². The Labute approximate surface area is 90.5 Å². The van der Waals surface area contributed by atoms with E-state index >= 15 is 0 Å². The molecule has 7 nitrogen and oxygen atoms in total. The third-order valence-corrected chi connectivity index (χ3v) is 2.11. The molecule has 7 heteroatoms. The molecule has 0 saturated heterocycles. The molecule has 2 heterocycles. The SMILES string of the molecule is CN(Cc1ncc[nH]1)C(=O)c1c[nH]c(=O)[nH]1. The summed E-state index contributed by atoms with van der Waals surface area (Å²) in [5.41, 5.74) is -0.159. The number of amides is 1. The average Bonchev–Trinajstić information content (AvgIpc) is 2.88. The molecule has 0 fully saturated rings. The Balaban J connectivity index is 2.08. The highest BCUT2D eigenvalue weighted by Gasteiger charge is 2.14. The molecular formula is C9H11N5O2. The van der Waals surface area contributed by atoms with Crippen LogP contribution in [-0.2, 0) is 6.54 Å². The van der Waals surface area contributed by atoms with E-state index in [9.17, 15) is 9.59 Å².